The fourth-order valence-electron chi connectivity index (χ4n) is 1.51. The highest BCUT2D eigenvalue weighted by Gasteiger charge is 2.09. The molecule has 86 valence electrons. The van der Waals surface area contributed by atoms with Crippen LogP contribution in [0.3, 0.4) is 0 Å². The summed E-state index contributed by atoms with van der Waals surface area (Å²) in [5.41, 5.74) is 0.822. The van der Waals surface area contributed by atoms with Gasteiger partial charge in [0.1, 0.15) is 18.1 Å². The highest BCUT2D eigenvalue weighted by molar-refractivity contribution is 5.74. The highest BCUT2D eigenvalue weighted by Crippen LogP contribution is 2.30. The van der Waals surface area contributed by atoms with Crippen molar-refractivity contribution in [2.75, 3.05) is 6.61 Å². The standard InChI is InChI=1S/C14H12O3/c1-2-9-16-13-6-4-3-5-12(13)14-8-7-11(10-15)17-14/h2-8,10H,1,9H2. The van der Waals surface area contributed by atoms with Crippen molar-refractivity contribution < 1.29 is 13.9 Å². The van der Waals surface area contributed by atoms with E-state index in [9.17, 15) is 4.79 Å². The van der Waals surface area contributed by atoms with Crippen molar-refractivity contribution in [3.8, 4) is 17.1 Å². The van der Waals surface area contributed by atoms with Gasteiger partial charge in [-0.1, -0.05) is 24.8 Å². The number of furan rings is 1. The molecule has 2 rings (SSSR count). The topological polar surface area (TPSA) is 39.4 Å². The first-order chi connectivity index (χ1) is 8.35. The maximum atomic E-state index is 10.6. The molecule has 1 heterocycles. The van der Waals surface area contributed by atoms with Crippen LogP contribution in [0.5, 0.6) is 5.75 Å². The second-order valence-corrected chi connectivity index (χ2v) is 3.42. The molecular weight excluding hydrogens is 216 g/mol. The summed E-state index contributed by atoms with van der Waals surface area (Å²) in [5, 5.41) is 0. The van der Waals surface area contributed by atoms with Crippen LogP contribution in [0.1, 0.15) is 10.6 Å². The number of ether oxygens (including phenoxy) is 1. The fraction of sp³-hybridized carbons (Fsp3) is 0.0714. The van der Waals surface area contributed by atoms with Crippen molar-refractivity contribution in [2.24, 2.45) is 0 Å². The van der Waals surface area contributed by atoms with E-state index in [1.807, 2.05) is 24.3 Å². The van der Waals surface area contributed by atoms with E-state index in [0.29, 0.717) is 30.2 Å². The summed E-state index contributed by atoms with van der Waals surface area (Å²) in [6.07, 6.45) is 2.35. The number of para-hydroxylation sites is 1. The lowest BCUT2D eigenvalue weighted by atomic mass is 10.1. The predicted molar refractivity (Wildman–Crippen MR) is 65.2 cm³/mol. The summed E-state index contributed by atoms with van der Waals surface area (Å²) >= 11 is 0. The van der Waals surface area contributed by atoms with E-state index < -0.39 is 0 Å². The van der Waals surface area contributed by atoms with Crippen LogP contribution in [0, 0.1) is 0 Å². The van der Waals surface area contributed by atoms with Gasteiger partial charge in [0.05, 0.1) is 5.56 Å². The maximum absolute atomic E-state index is 10.6. The molecule has 0 aliphatic heterocycles. The molecule has 3 heteroatoms. The molecule has 0 radical (unpaired) electrons. The van der Waals surface area contributed by atoms with Gasteiger partial charge in [-0.15, -0.1) is 0 Å². The number of carbonyl (C=O) groups is 1. The minimum atomic E-state index is 0.304. The summed E-state index contributed by atoms with van der Waals surface area (Å²) in [6, 6.07) is 10.9. The van der Waals surface area contributed by atoms with Gasteiger partial charge in [0.2, 0.25) is 0 Å². The maximum Gasteiger partial charge on any atom is 0.185 e. The van der Waals surface area contributed by atoms with E-state index in [4.69, 9.17) is 9.15 Å². The summed E-state index contributed by atoms with van der Waals surface area (Å²) < 4.78 is 10.9. The Morgan fingerprint density at radius 1 is 1.24 bits per heavy atom. The molecule has 17 heavy (non-hydrogen) atoms. The van der Waals surface area contributed by atoms with Crippen LogP contribution >= 0.6 is 0 Å². The lowest BCUT2D eigenvalue weighted by Crippen LogP contribution is -1.94. The SMILES string of the molecule is C=CCOc1ccccc1-c1ccc(C=O)o1. The Kier molecular flexibility index (Phi) is 3.40. The van der Waals surface area contributed by atoms with Gasteiger partial charge < -0.3 is 9.15 Å². The zero-order valence-electron chi connectivity index (χ0n) is 9.26. The molecule has 1 aromatic heterocycles. The van der Waals surface area contributed by atoms with Crippen LogP contribution in [0.25, 0.3) is 11.3 Å². The Morgan fingerprint density at radius 3 is 2.76 bits per heavy atom. The Hall–Kier alpha value is -2.29. The smallest absolute Gasteiger partial charge is 0.185 e. The van der Waals surface area contributed by atoms with E-state index >= 15 is 0 Å². The molecule has 2 aromatic rings. The molecular formula is C14H12O3. The van der Waals surface area contributed by atoms with E-state index in [1.165, 1.54) is 0 Å². The first-order valence-electron chi connectivity index (χ1n) is 5.23. The van der Waals surface area contributed by atoms with Gasteiger partial charge in [0.25, 0.3) is 0 Å². The summed E-state index contributed by atoms with van der Waals surface area (Å²) in [4.78, 5) is 10.6. The van der Waals surface area contributed by atoms with Gasteiger partial charge in [-0.2, -0.15) is 0 Å². The molecule has 0 spiro atoms. The Morgan fingerprint density at radius 2 is 2.06 bits per heavy atom. The molecule has 0 fully saturated rings. The highest BCUT2D eigenvalue weighted by atomic mass is 16.5. The van der Waals surface area contributed by atoms with Gasteiger partial charge in [-0.3, -0.25) is 4.79 Å². The van der Waals surface area contributed by atoms with Crippen LogP contribution in [0.4, 0.5) is 0 Å². The molecule has 0 amide bonds. The second kappa shape index (κ2) is 5.16. The van der Waals surface area contributed by atoms with Crippen LogP contribution in [-0.2, 0) is 0 Å². The van der Waals surface area contributed by atoms with Crippen molar-refractivity contribution in [2.45, 2.75) is 0 Å². The quantitative estimate of drug-likeness (QED) is 0.582. The molecule has 0 aliphatic carbocycles. The zero-order valence-corrected chi connectivity index (χ0v) is 9.26. The third kappa shape index (κ3) is 2.45. The van der Waals surface area contributed by atoms with Crippen LogP contribution < -0.4 is 4.74 Å². The van der Waals surface area contributed by atoms with Crippen LogP contribution in [0.15, 0.2) is 53.5 Å². The van der Waals surface area contributed by atoms with E-state index in [0.717, 1.165) is 5.56 Å². The van der Waals surface area contributed by atoms with Gasteiger partial charge in [-0.25, -0.2) is 0 Å². The fourth-order valence-corrected chi connectivity index (χ4v) is 1.51. The first kappa shape index (κ1) is 11.2. The molecule has 0 atom stereocenters. The number of rotatable bonds is 5. The zero-order chi connectivity index (χ0) is 12.1. The second-order valence-electron chi connectivity index (χ2n) is 3.42. The molecule has 0 saturated carbocycles. The average Bonchev–Trinajstić information content (AvgIpc) is 2.85. The lowest BCUT2D eigenvalue weighted by Gasteiger charge is -2.07. The summed E-state index contributed by atoms with van der Waals surface area (Å²) in [5.74, 6) is 1.63. The molecule has 0 unspecified atom stereocenters. The Balaban J connectivity index is 2.36. The number of aldehydes is 1. The number of benzene rings is 1. The van der Waals surface area contributed by atoms with Gasteiger partial charge in [0.15, 0.2) is 12.0 Å². The summed E-state index contributed by atoms with van der Waals surface area (Å²) in [6.45, 7) is 4.03. The number of carbonyl (C=O) groups excluding carboxylic acids is 1. The minimum absolute atomic E-state index is 0.304. The third-order valence-electron chi connectivity index (χ3n) is 2.25. The van der Waals surface area contributed by atoms with Crippen molar-refractivity contribution in [1.82, 2.24) is 0 Å². The van der Waals surface area contributed by atoms with Crippen molar-refractivity contribution >= 4 is 6.29 Å². The molecule has 3 nitrogen and oxygen atoms in total. The predicted octanol–water partition coefficient (Wildman–Crippen LogP) is 3.32. The minimum Gasteiger partial charge on any atom is -0.489 e. The van der Waals surface area contributed by atoms with Crippen LogP contribution in [-0.4, -0.2) is 12.9 Å². The number of hydrogen-bond acceptors (Lipinski definition) is 3. The molecule has 1 aromatic carbocycles. The molecule has 0 saturated heterocycles. The Labute approximate surface area is 99.3 Å². The van der Waals surface area contributed by atoms with E-state index in [-0.39, 0.29) is 0 Å². The van der Waals surface area contributed by atoms with Gasteiger partial charge in [0, 0.05) is 0 Å². The molecule has 0 bridgehead atoms. The van der Waals surface area contributed by atoms with Gasteiger partial charge in [-0.05, 0) is 24.3 Å². The van der Waals surface area contributed by atoms with Crippen molar-refractivity contribution in [3.63, 3.8) is 0 Å². The van der Waals surface area contributed by atoms with Crippen LogP contribution in [0.2, 0.25) is 0 Å². The first-order valence-corrected chi connectivity index (χ1v) is 5.23. The van der Waals surface area contributed by atoms with Gasteiger partial charge >= 0.3 is 0 Å². The Bertz CT molecular complexity index is 526. The normalized spacial score (nSPS) is 9.88. The molecule has 0 N–H and O–H groups in total. The summed E-state index contributed by atoms with van der Waals surface area (Å²) in [7, 11) is 0. The largest absolute Gasteiger partial charge is 0.489 e. The van der Waals surface area contributed by atoms with E-state index in [1.54, 1.807) is 18.2 Å². The lowest BCUT2D eigenvalue weighted by molar-refractivity contribution is 0.110. The van der Waals surface area contributed by atoms with Crippen molar-refractivity contribution in [3.05, 3.63) is 54.8 Å². The monoisotopic (exact) mass is 228 g/mol. The average molecular weight is 228 g/mol. The van der Waals surface area contributed by atoms with Crippen molar-refractivity contribution in [1.29, 1.82) is 0 Å². The third-order valence-corrected chi connectivity index (χ3v) is 2.25. The van der Waals surface area contributed by atoms with E-state index in [2.05, 4.69) is 6.58 Å². The molecule has 0 aliphatic rings. The number of hydrogen-bond donors (Lipinski definition) is 0.